The normalized spacial score (nSPS) is 10.3. The summed E-state index contributed by atoms with van der Waals surface area (Å²) in [6.07, 6.45) is 1.68. The summed E-state index contributed by atoms with van der Waals surface area (Å²) in [5.74, 6) is -0.205. The summed E-state index contributed by atoms with van der Waals surface area (Å²) in [5.41, 5.74) is 3.39. The Balaban J connectivity index is 1.76. The molecule has 1 N–H and O–H groups in total. The average molecular weight is 331 g/mol. The quantitative estimate of drug-likeness (QED) is 0.730. The Morgan fingerprint density at radius 2 is 1.68 bits per heavy atom. The molecule has 4 nitrogen and oxygen atoms in total. The van der Waals surface area contributed by atoms with Crippen molar-refractivity contribution in [3.63, 3.8) is 0 Å². The zero-order valence-electron chi connectivity index (χ0n) is 14.2. The van der Waals surface area contributed by atoms with Crippen molar-refractivity contribution in [2.24, 2.45) is 0 Å². The van der Waals surface area contributed by atoms with Crippen molar-refractivity contribution in [2.75, 3.05) is 16.8 Å². The van der Waals surface area contributed by atoms with Gasteiger partial charge in [-0.25, -0.2) is 0 Å². The number of pyridine rings is 1. The van der Waals surface area contributed by atoms with Gasteiger partial charge in [-0.3, -0.25) is 9.78 Å². The second-order valence-electron chi connectivity index (χ2n) is 5.72. The van der Waals surface area contributed by atoms with Crippen molar-refractivity contribution in [1.82, 2.24) is 4.98 Å². The predicted molar refractivity (Wildman–Crippen MR) is 102 cm³/mol. The molecule has 3 aromatic rings. The number of nitrogens with one attached hydrogen (secondary N) is 1. The third-order valence-electron chi connectivity index (χ3n) is 3.97. The number of amides is 1. The fraction of sp³-hybridized carbons (Fsp3) is 0.143. The number of hydrogen-bond donors (Lipinski definition) is 1. The molecule has 25 heavy (non-hydrogen) atoms. The molecule has 0 bridgehead atoms. The average Bonchev–Trinajstić information content (AvgIpc) is 2.68. The van der Waals surface area contributed by atoms with Crippen molar-refractivity contribution in [2.45, 2.75) is 13.5 Å². The summed E-state index contributed by atoms with van der Waals surface area (Å²) >= 11 is 0. The van der Waals surface area contributed by atoms with Crippen LogP contribution in [-0.2, 0) is 6.54 Å². The van der Waals surface area contributed by atoms with E-state index in [1.807, 2.05) is 60.7 Å². The maximum absolute atomic E-state index is 12.4. The Kier molecular flexibility index (Phi) is 5.42. The van der Waals surface area contributed by atoms with Crippen molar-refractivity contribution >= 4 is 17.3 Å². The number of para-hydroxylation sites is 1. The van der Waals surface area contributed by atoms with Crippen LogP contribution in [0.15, 0.2) is 79.0 Å². The zero-order valence-corrected chi connectivity index (χ0v) is 14.2. The second-order valence-corrected chi connectivity index (χ2v) is 5.72. The van der Waals surface area contributed by atoms with E-state index in [9.17, 15) is 4.79 Å². The van der Waals surface area contributed by atoms with E-state index in [1.165, 1.54) is 5.56 Å². The molecule has 0 radical (unpaired) electrons. The van der Waals surface area contributed by atoms with Crippen LogP contribution in [-0.4, -0.2) is 17.4 Å². The molecule has 2 aromatic carbocycles. The Hall–Kier alpha value is -3.14. The third kappa shape index (κ3) is 4.44. The number of hydrogen-bond acceptors (Lipinski definition) is 3. The van der Waals surface area contributed by atoms with Gasteiger partial charge in [0, 0.05) is 30.7 Å². The first-order valence-corrected chi connectivity index (χ1v) is 8.37. The van der Waals surface area contributed by atoms with Crippen molar-refractivity contribution < 1.29 is 4.79 Å². The van der Waals surface area contributed by atoms with Gasteiger partial charge < -0.3 is 10.2 Å². The first-order valence-electron chi connectivity index (χ1n) is 8.37. The van der Waals surface area contributed by atoms with Crippen LogP contribution in [0, 0.1) is 0 Å². The van der Waals surface area contributed by atoms with Crippen molar-refractivity contribution in [1.29, 1.82) is 0 Å². The maximum Gasteiger partial charge on any atom is 0.274 e. The van der Waals surface area contributed by atoms with Crippen LogP contribution >= 0.6 is 0 Å². The highest BCUT2D eigenvalue weighted by Gasteiger charge is 2.11. The smallest absolute Gasteiger partial charge is 0.274 e. The van der Waals surface area contributed by atoms with Crippen LogP contribution in [0.25, 0.3) is 0 Å². The summed E-state index contributed by atoms with van der Waals surface area (Å²) in [6, 6.07) is 23.5. The van der Waals surface area contributed by atoms with Gasteiger partial charge in [0.2, 0.25) is 0 Å². The number of rotatable bonds is 6. The van der Waals surface area contributed by atoms with E-state index < -0.39 is 0 Å². The van der Waals surface area contributed by atoms with E-state index in [4.69, 9.17) is 0 Å². The maximum atomic E-state index is 12.4. The molecule has 0 saturated carbocycles. The Labute approximate surface area is 148 Å². The van der Waals surface area contributed by atoms with Gasteiger partial charge in [0.1, 0.15) is 5.69 Å². The first-order chi connectivity index (χ1) is 12.3. The number of carbonyl (C=O) groups excluding carboxylic acids is 1. The predicted octanol–water partition coefficient (Wildman–Crippen LogP) is 4.36. The van der Waals surface area contributed by atoms with Gasteiger partial charge in [-0.1, -0.05) is 48.5 Å². The summed E-state index contributed by atoms with van der Waals surface area (Å²) in [5, 5.41) is 2.87. The van der Waals surface area contributed by atoms with Crippen LogP contribution < -0.4 is 10.2 Å². The van der Waals surface area contributed by atoms with Gasteiger partial charge in [-0.15, -0.1) is 0 Å². The van der Waals surface area contributed by atoms with E-state index in [1.54, 1.807) is 6.20 Å². The highest BCUT2D eigenvalue weighted by Crippen LogP contribution is 2.18. The summed E-state index contributed by atoms with van der Waals surface area (Å²) in [4.78, 5) is 18.9. The molecule has 0 aliphatic carbocycles. The number of anilines is 2. The first kappa shape index (κ1) is 16.7. The van der Waals surface area contributed by atoms with Crippen LogP contribution in [0.3, 0.4) is 0 Å². The lowest BCUT2D eigenvalue weighted by Gasteiger charge is -2.23. The SMILES string of the molecule is CCN(Cc1ccccc1)c1ccnc(C(=O)Nc2ccccc2)c1. The van der Waals surface area contributed by atoms with Gasteiger partial charge in [-0.2, -0.15) is 0 Å². The van der Waals surface area contributed by atoms with E-state index in [0.29, 0.717) is 5.69 Å². The fourth-order valence-corrected chi connectivity index (χ4v) is 2.65. The number of benzene rings is 2. The molecule has 0 saturated heterocycles. The van der Waals surface area contributed by atoms with Crippen LogP contribution in [0.5, 0.6) is 0 Å². The highest BCUT2D eigenvalue weighted by atomic mass is 16.1. The van der Waals surface area contributed by atoms with Gasteiger partial charge in [0.15, 0.2) is 0 Å². The molecule has 3 rings (SSSR count). The molecule has 4 heteroatoms. The lowest BCUT2D eigenvalue weighted by atomic mass is 10.2. The summed E-state index contributed by atoms with van der Waals surface area (Å²) in [6.45, 7) is 3.74. The summed E-state index contributed by atoms with van der Waals surface area (Å²) < 4.78 is 0. The van der Waals surface area contributed by atoms with E-state index >= 15 is 0 Å². The van der Waals surface area contributed by atoms with E-state index in [0.717, 1.165) is 24.5 Å². The molecular weight excluding hydrogens is 310 g/mol. The Morgan fingerprint density at radius 3 is 2.36 bits per heavy atom. The minimum atomic E-state index is -0.205. The number of nitrogens with zero attached hydrogens (tertiary/aromatic N) is 2. The Morgan fingerprint density at radius 1 is 1.00 bits per heavy atom. The molecule has 0 fully saturated rings. The van der Waals surface area contributed by atoms with Crippen molar-refractivity contribution in [3.8, 4) is 0 Å². The molecule has 126 valence electrons. The van der Waals surface area contributed by atoms with Gasteiger partial charge in [0.25, 0.3) is 5.91 Å². The van der Waals surface area contributed by atoms with E-state index in [2.05, 4.69) is 34.3 Å². The molecule has 0 atom stereocenters. The summed E-state index contributed by atoms with van der Waals surface area (Å²) in [7, 11) is 0. The topological polar surface area (TPSA) is 45.2 Å². The largest absolute Gasteiger partial charge is 0.367 e. The molecular formula is C21H21N3O. The minimum absolute atomic E-state index is 0.205. The van der Waals surface area contributed by atoms with Gasteiger partial charge in [-0.05, 0) is 36.8 Å². The van der Waals surface area contributed by atoms with Gasteiger partial charge >= 0.3 is 0 Å². The lowest BCUT2D eigenvalue weighted by molar-refractivity contribution is 0.102. The van der Waals surface area contributed by atoms with Crippen molar-refractivity contribution in [3.05, 3.63) is 90.3 Å². The Bertz CT molecular complexity index is 819. The van der Waals surface area contributed by atoms with Crippen LogP contribution in [0.1, 0.15) is 23.0 Å². The minimum Gasteiger partial charge on any atom is -0.367 e. The third-order valence-corrected chi connectivity index (χ3v) is 3.97. The molecule has 1 heterocycles. The van der Waals surface area contributed by atoms with Crippen LogP contribution in [0.2, 0.25) is 0 Å². The zero-order chi connectivity index (χ0) is 17.5. The monoisotopic (exact) mass is 331 g/mol. The molecule has 1 amide bonds. The van der Waals surface area contributed by atoms with Crippen LogP contribution in [0.4, 0.5) is 11.4 Å². The fourth-order valence-electron chi connectivity index (χ4n) is 2.65. The molecule has 0 unspecified atom stereocenters. The van der Waals surface area contributed by atoms with Gasteiger partial charge in [0.05, 0.1) is 0 Å². The highest BCUT2D eigenvalue weighted by molar-refractivity contribution is 6.03. The molecule has 1 aromatic heterocycles. The number of carbonyl (C=O) groups is 1. The standard InChI is InChI=1S/C21H21N3O/c1-2-24(16-17-9-5-3-6-10-17)19-13-14-22-20(15-19)21(25)23-18-11-7-4-8-12-18/h3-15H,2,16H2,1H3,(H,23,25). The number of aromatic nitrogens is 1. The second kappa shape index (κ2) is 8.11. The molecule has 0 aliphatic heterocycles. The molecule has 0 aliphatic rings. The van der Waals surface area contributed by atoms with E-state index in [-0.39, 0.29) is 5.91 Å². The lowest BCUT2D eigenvalue weighted by Crippen LogP contribution is -2.23. The molecule has 0 spiro atoms.